The average molecular weight is 295 g/mol. The maximum absolute atomic E-state index is 12.9. The molecule has 0 saturated heterocycles. The van der Waals surface area contributed by atoms with Crippen molar-refractivity contribution in [3.05, 3.63) is 53.3 Å². The predicted octanol–water partition coefficient (Wildman–Crippen LogP) is 3.08. The Morgan fingerprint density at radius 1 is 1.25 bits per heavy atom. The van der Waals surface area contributed by atoms with Crippen LogP contribution < -0.4 is 15.8 Å². The van der Waals surface area contributed by atoms with Crippen molar-refractivity contribution in [3.63, 3.8) is 0 Å². The number of benzene rings is 2. The van der Waals surface area contributed by atoms with Crippen molar-refractivity contribution in [1.82, 2.24) is 0 Å². The number of hydrogen-bond acceptors (Lipinski definition) is 3. The summed E-state index contributed by atoms with van der Waals surface area (Å²) in [6, 6.07) is 10.4. The summed E-state index contributed by atoms with van der Waals surface area (Å²) in [5.74, 6) is -0.326. The largest absolute Gasteiger partial charge is 0.484 e. The lowest BCUT2D eigenvalue weighted by atomic mass is 10.2. The number of nitrogen functional groups attached to an aromatic ring is 1. The first-order valence-electron chi connectivity index (χ1n) is 5.78. The Bertz CT molecular complexity index is 617. The van der Waals surface area contributed by atoms with Gasteiger partial charge in [-0.1, -0.05) is 11.6 Å². The number of anilines is 2. The van der Waals surface area contributed by atoms with Gasteiger partial charge in [0.2, 0.25) is 0 Å². The van der Waals surface area contributed by atoms with Crippen LogP contribution in [0.1, 0.15) is 0 Å². The molecule has 0 aliphatic heterocycles. The normalized spacial score (nSPS) is 10.1. The van der Waals surface area contributed by atoms with Crippen molar-refractivity contribution < 1.29 is 13.9 Å². The Kier molecular flexibility index (Phi) is 4.42. The van der Waals surface area contributed by atoms with Crippen LogP contribution in [0.2, 0.25) is 5.02 Å². The molecule has 2 aromatic carbocycles. The fourth-order valence-electron chi connectivity index (χ4n) is 1.51. The van der Waals surface area contributed by atoms with Crippen molar-refractivity contribution in [2.45, 2.75) is 0 Å². The lowest BCUT2D eigenvalue weighted by Gasteiger charge is -2.09. The van der Waals surface area contributed by atoms with Crippen LogP contribution in [0.4, 0.5) is 15.8 Å². The molecule has 20 heavy (non-hydrogen) atoms. The molecule has 104 valence electrons. The summed E-state index contributed by atoms with van der Waals surface area (Å²) in [7, 11) is 0. The monoisotopic (exact) mass is 294 g/mol. The van der Waals surface area contributed by atoms with E-state index < -0.39 is 11.7 Å². The minimum absolute atomic E-state index is 0.157. The van der Waals surface area contributed by atoms with E-state index in [2.05, 4.69) is 5.32 Å². The van der Waals surface area contributed by atoms with Crippen LogP contribution in [-0.2, 0) is 4.79 Å². The van der Waals surface area contributed by atoms with Gasteiger partial charge in [0.1, 0.15) is 11.6 Å². The van der Waals surface area contributed by atoms with E-state index in [-0.39, 0.29) is 12.3 Å². The highest BCUT2D eigenvalue weighted by atomic mass is 35.5. The molecule has 0 aromatic heterocycles. The van der Waals surface area contributed by atoms with E-state index in [1.807, 2.05) is 0 Å². The first kappa shape index (κ1) is 14.1. The first-order chi connectivity index (χ1) is 9.54. The Balaban J connectivity index is 1.90. The van der Waals surface area contributed by atoms with E-state index in [0.29, 0.717) is 16.5 Å². The summed E-state index contributed by atoms with van der Waals surface area (Å²) in [5, 5.41) is 3.12. The summed E-state index contributed by atoms with van der Waals surface area (Å²) < 4.78 is 18.1. The van der Waals surface area contributed by atoms with Crippen LogP contribution in [0, 0.1) is 5.82 Å². The van der Waals surface area contributed by atoms with Crippen molar-refractivity contribution in [2.75, 3.05) is 17.7 Å². The second-order valence-electron chi connectivity index (χ2n) is 4.02. The number of hydrogen-bond donors (Lipinski definition) is 2. The fourth-order valence-corrected chi connectivity index (χ4v) is 1.64. The van der Waals surface area contributed by atoms with Gasteiger partial charge in [-0.2, -0.15) is 0 Å². The van der Waals surface area contributed by atoms with Crippen LogP contribution in [0.15, 0.2) is 42.5 Å². The Labute approximate surface area is 120 Å². The third kappa shape index (κ3) is 3.86. The number of carbonyl (C=O) groups is 1. The molecule has 3 N–H and O–H groups in total. The molecular formula is C14H12ClFN2O2. The quantitative estimate of drug-likeness (QED) is 0.852. The molecule has 2 rings (SSSR count). The molecule has 0 unspecified atom stereocenters. The highest BCUT2D eigenvalue weighted by Gasteiger charge is 2.07. The molecule has 0 saturated carbocycles. The van der Waals surface area contributed by atoms with Crippen molar-refractivity contribution in [2.24, 2.45) is 0 Å². The van der Waals surface area contributed by atoms with Crippen molar-refractivity contribution in [1.29, 1.82) is 0 Å². The second-order valence-corrected chi connectivity index (χ2v) is 4.46. The van der Waals surface area contributed by atoms with Crippen LogP contribution in [0.5, 0.6) is 5.75 Å². The number of halogens is 2. The van der Waals surface area contributed by atoms with Crippen LogP contribution in [0.3, 0.4) is 0 Å². The van der Waals surface area contributed by atoms with Gasteiger partial charge < -0.3 is 15.8 Å². The SMILES string of the molecule is Nc1cc(F)ccc1NC(=O)COc1ccc(Cl)cc1. The van der Waals surface area contributed by atoms with Crippen LogP contribution in [-0.4, -0.2) is 12.5 Å². The highest BCUT2D eigenvalue weighted by Crippen LogP contribution is 2.19. The van der Waals surface area contributed by atoms with Gasteiger partial charge in [-0.25, -0.2) is 4.39 Å². The van der Waals surface area contributed by atoms with Gasteiger partial charge in [0, 0.05) is 5.02 Å². The van der Waals surface area contributed by atoms with E-state index in [1.54, 1.807) is 24.3 Å². The molecule has 4 nitrogen and oxygen atoms in total. The zero-order valence-electron chi connectivity index (χ0n) is 10.4. The molecule has 0 spiro atoms. The molecular weight excluding hydrogens is 283 g/mol. The lowest BCUT2D eigenvalue weighted by Crippen LogP contribution is -2.20. The van der Waals surface area contributed by atoms with Gasteiger partial charge in [0.05, 0.1) is 11.4 Å². The van der Waals surface area contributed by atoms with Gasteiger partial charge in [-0.15, -0.1) is 0 Å². The second kappa shape index (κ2) is 6.25. The molecule has 0 fully saturated rings. The van der Waals surface area contributed by atoms with Gasteiger partial charge in [-0.3, -0.25) is 4.79 Å². The molecule has 1 amide bonds. The van der Waals surface area contributed by atoms with E-state index in [9.17, 15) is 9.18 Å². The minimum atomic E-state index is -0.460. The summed E-state index contributed by atoms with van der Waals surface area (Å²) >= 11 is 5.73. The van der Waals surface area contributed by atoms with Crippen LogP contribution >= 0.6 is 11.6 Å². The molecule has 0 aliphatic rings. The van der Waals surface area contributed by atoms with Gasteiger partial charge in [0.25, 0.3) is 5.91 Å². The van der Waals surface area contributed by atoms with E-state index in [0.717, 1.165) is 6.07 Å². The van der Waals surface area contributed by atoms with Gasteiger partial charge in [0.15, 0.2) is 6.61 Å². The van der Waals surface area contributed by atoms with Crippen LogP contribution in [0.25, 0.3) is 0 Å². The molecule has 0 atom stereocenters. The van der Waals surface area contributed by atoms with Gasteiger partial charge in [-0.05, 0) is 42.5 Å². The molecule has 6 heteroatoms. The Hall–Kier alpha value is -2.27. The van der Waals surface area contributed by atoms with E-state index >= 15 is 0 Å². The van der Waals surface area contributed by atoms with Gasteiger partial charge >= 0.3 is 0 Å². The number of nitrogens with two attached hydrogens (primary N) is 1. The number of nitrogens with one attached hydrogen (secondary N) is 1. The molecule has 0 aliphatic carbocycles. The zero-order chi connectivity index (χ0) is 14.5. The maximum Gasteiger partial charge on any atom is 0.262 e. The highest BCUT2D eigenvalue weighted by molar-refractivity contribution is 6.30. The third-order valence-corrected chi connectivity index (χ3v) is 2.72. The molecule has 0 radical (unpaired) electrons. The topological polar surface area (TPSA) is 64.3 Å². The number of rotatable bonds is 4. The standard InChI is InChI=1S/C14H12ClFN2O2/c15-9-1-4-11(5-2-9)20-8-14(19)18-13-6-3-10(16)7-12(13)17/h1-7H,8,17H2,(H,18,19). The third-order valence-electron chi connectivity index (χ3n) is 2.47. The zero-order valence-corrected chi connectivity index (χ0v) is 11.2. The summed E-state index contributed by atoms with van der Waals surface area (Å²) in [5.41, 5.74) is 6.08. The Morgan fingerprint density at radius 2 is 1.95 bits per heavy atom. The van der Waals surface area contributed by atoms with E-state index in [1.165, 1.54) is 12.1 Å². The summed E-state index contributed by atoms with van der Waals surface area (Å²) in [4.78, 5) is 11.7. The molecule has 2 aromatic rings. The average Bonchev–Trinajstić information content (AvgIpc) is 2.41. The first-order valence-corrected chi connectivity index (χ1v) is 6.15. The van der Waals surface area contributed by atoms with Crippen molar-refractivity contribution >= 4 is 28.9 Å². The number of ether oxygens (including phenoxy) is 1. The summed E-state index contributed by atoms with van der Waals surface area (Å²) in [6.07, 6.45) is 0. The molecule has 0 bridgehead atoms. The molecule has 0 heterocycles. The van der Waals surface area contributed by atoms with Crippen molar-refractivity contribution in [3.8, 4) is 5.75 Å². The Morgan fingerprint density at radius 3 is 2.60 bits per heavy atom. The van der Waals surface area contributed by atoms with E-state index in [4.69, 9.17) is 22.1 Å². The number of carbonyl (C=O) groups excluding carboxylic acids is 1. The number of amides is 1. The fraction of sp³-hybridized carbons (Fsp3) is 0.0714. The lowest BCUT2D eigenvalue weighted by molar-refractivity contribution is -0.118. The minimum Gasteiger partial charge on any atom is -0.484 e. The predicted molar refractivity (Wildman–Crippen MR) is 76.4 cm³/mol. The summed E-state index contributed by atoms with van der Waals surface area (Å²) in [6.45, 7) is -0.182. The maximum atomic E-state index is 12.9. The smallest absolute Gasteiger partial charge is 0.262 e.